The number of carbonyl (C=O) groups is 1. The lowest BCUT2D eigenvalue weighted by Gasteiger charge is -2.14. The number of hydrogen-bond donors (Lipinski definition) is 1. The molecule has 0 fully saturated rings. The number of amides is 1. The summed E-state index contributed by atoms with van der Waals surface area (Å²) >= 11 is 3.47. The summed E-state index contributed by atoms with van der Waals surface area (Å²) < 4.78 is 26.0. The van der Waals surface area contributed by atoms with Gasteiger partial charge in [-0.15, -0.1) is 0 Å². The molecule has 0 atom stereocenters. The first kappa shape index (κ1) is 19.1. The maximum atomic E-state index is 12.6. The minimum Gasteiger partial charge on any atom is -0.350 e. The van der Waals surface area contributed by atoms with E-state index in [9.17, 15) is 13.2 Å². The van der Waals surface area contributed by atoms with Gasteiger partial charge in [0.1, 0.15) is 0 Å². The first-order valence-corrected chi connectivity index (χ1v) is 11.4. The molecule has 8 heteroatoms. The van der Waals surface area contributed by atoms with Crippen molar-refractivity contribution in [1.29, 1.82) is 0 Å². The van der Waals surface area contributed by atoms with Gasteiger partial charge in [0.2, 0.25) is 0 Å². The van der Waals surface area contributed by atoms with Crippen molar-refractivity contribution >= 4 is 31.7 Å². The van der Waals surface area contributed by atoms with Gasteiger partial charge in [0, 0.05) is 28.0 Å². The van der Waals surface area contributed by atoms with E-state index in [1.807, 2.05) is 28.9 Å². The van der Waals surface area contributed by atoms with Gasteiger partial charge in [-0.2, -0.15) is 5.10 Å². The Kier molecular flexibility index (Phi) is 5.82. The van der Waals surface area contributed by atoms with Gasteiger partial charge in [-0.05, 0) is 43.9 Å². The fraction of sp³-hybridized carbons (Fsp3) is 0.444. The van der Waals surface area contributed by atoms with Crippen LogP contribution in [0.4, 0.5) is 0 Å². The van der Waals surface area contributed by atoms with Crippen LogP contribution in [0.5, 0.6) is 0 Å². The summed E-state index contributed by atoms with van der Waals surface area (Å²) in [6.07, 6.45) is 3.80. The molecule has 0 unspecified atom stereocenters. The Hall–Kier alpha value is -1.67. The lowest BCUT2D eigenvalue weighted by molar-refractivity contribution is 0.0949. The largest absolute Gasteiger partial charge is 0.350 e. The van der Waals surface area contributed by atoms with Crippen molar-refractivity contribution in [3.63, 3.8) is 0 Å². The molecule has 3 rings (SSSR count). The highest BCUT2D eigenvalue weighted by Gasteiger charge is 2.25. The van der Waals surface area contributed by atoms with Gasteiger partial charge in [0.05, 0.1) is 11.4 Å². The summed E-state index contributed by atoms with van der Waals surface area (Å²) in [4.78, 5) is 12.6. The summed E-state index contributed by atoms with van der Waals surface area (Å²) in [6.45, 7) is 1.71. The van der Waals surface area contributed by atoms with Crippen molar-refractivity contribution in [2.24, 2.45) is 0 Å². The second kappa shape index (κ2) is 7.92. The number of halogens is 1. The Bertz CT molecular complexity index is 922. The predicted molar refractivity (Wildman–Crippen MR) is 105 cm³/mol. The molecule has 1 amide bonds. The zero-order valence-corrected chi connectivity index (χ0v) is 17.1. The highest BCUT2D eigenvalue weighted by Crippen LogP contribution is 2.27. The average molecular weight is 440 g/mol. The Labute approximate surface area is 162 Å². The van der Waals surface area contributed by atoms with Crippen LogP contribution in [0, 0.1) is 0 Å². The summed E-state index contributed by atoms with van der Waals surface area (Å²) in [5, 5.41) is 7.29. The maximum Gasteiger partial charge on any atom is 0.272 e. The standard InChI is InChI=1S/C18H22BrN3O3S/c1-2-26(24,25)11-10-20-18(23)17-15-8-3-4-9-16(15)22(21-17)14-7-5-6-13(19)12-14/h5-7,12H,2-4,8-11H2,1H3,(H,20,23). The molecule has 1 aliphatic carbocycles. The van der Waals surface area contributed by atoms with E-state index in [0.29, 0.717) is 5.69 Å². The fourth-order valence-corrected chi connectivity index (χ4v) is 4.24. The molecule has 0 bridgehead atoms. The van der Waals surface area contributed by atoms with Gasteiger partial charge in [0.25, 0.3) is 5.91 Å². The van der Waals surface area contributed by atoms with Crippen molar-refractivity contribution < 1.29 is 13.2 Å². The summed E-state index contributed by atoms with van der Waals surface area (Å²) in [6, 6.07) is 7.81. The number of hydrogen-bond acceptors (Lipinski definition) is 4. The first-order chi connectivity index (χ1) is 12.4. The van der Waals surface area contributed by atoms with Crippen molar-refractivity contribution in [2.75, 3.05) is 18.1 Å². The molecular weight excluding hydrogens is 418 g/mol. The van der Waals surface area contributed by atoms with Crippen LogP contribution in [0.25, 0.3) is 5.69 Å². The SMILES string of the molecule is CCS(=O)(=O)CCNC(=O)c1nn(-c2cccc(Br)c2)c2c1CCCC2. The van der Waals surface area contributed by atoms with Gasteiger partial charge in [-0.1, -0.05) is 28.9 Å². The second-order valence-electron chi connectivity index (χ2n) is 6.36. The topological polar surface area (TPSA) is 81.1 Å². The van der Waals surface area contributed by atoms with E-state index in [-0.39, 0.29) is 24.0 Å². The number of nitrogens with one attached hydrogen (secondary N) is 1. The van der Waals surface area contributed by atoms with Crippen molar-refractivity contribution in [3.8, 4) is 5.69 Å². The lowest BCUT2D eigenvalue weighted by atomic mass is 9.95. The lowest BCUT2D eigenvalue weighted by Crippen LogP contribution is -2.30. The maximum absolute atomic E-state index is 12.6. The molecule has 1 N–H and O–H groups in total. The smallest absolute Gasteiger partial charge is 0.272 e. The monoisotopic (exact) mass is 439 g/mol. The number of carbonyl (C=O) groups excluding carboxylic acids is 1. The zero-order chi connectivity index (χ0) is 18.7. The second-order valence-corrected chi connectivity index (χ2v) is 9.75. The van der Waals surface area contributed by atoms with Gasteiger partial charge in [-0.3, -0.25) is 4.79 Å². The number of aromatic nitrogens is 2. The van der Waals surface area contributed by atoms with Gasteiger partial charge in [0.15, 0.2) is 15.5 Å². The third-order valence-corrected chi connectivity index (χ3v) is 6.79. The van der Waals surface area contributed by atoms with Gasteiger partial charge in [-0.25, -0.2) is 13.1 Å². The van der Waals surface area contributed by atoms with Crippen LogP contribution in [0.15, 0.2) is 28.7 Å². The Morgan fingerprint density at radius 3 is 2.81 bits per heavy atom. The quantitative estimate of drug-likeness (QED) is 0.749. The molecular formula is C18H22BrN3O3S. The molecule has 1 heterocycles. The third-order valence-electron chi connectivity index (χ3n) is 4.59. The molecule has 1 aromatic carbocycles. The van der Waals surface area contributed by atoms with E-state index in [1.165, 1.54) is 0 Å². The number of fused-ring (bicyclic) bond motifs is 1. The molecule has 2 aromatic rings. The van der Waals surface area contributed by atoms with E-state index < -0.39 is 9.84 Å². The molecule has 1 aliphatic rings. The first-order valence-electron chi connectivity index (χ1n) is 8.76. The van der Waals surface area contributed by atoms with Crippen molar-refractivity contribution in [3.05, 3.63) is 45.7 Å². The summed E-state index contributed by atoms with van der Waals surface area (Å²) in [5.41, 5.74) is 3.37. The van der Waals surface area contributed by atoms with E-state index in [1.54, 1.807) is 6.92 Å². The van der Waals surface area contributed by atoms with E-state index in [0.717, 1.165) is 47.1 Å². The normalized spacial score (nSPS) is 14.1. The van der Waals surface area contributed by atoms with E-state index in [2.05, 4.69) is 26.3 Å². The fourth-order valence-electron chi connectivity index (χ4n) is 3.15. The molecule has 0 spiro atoms. The van der Waals surface area contributed by atoms with E-state index >= 15 is 0 Å². The third kappa shape index (κ3) is 4.17. The van der Waals surface area contributed by atoms with Gasteiger partial charge < -0.3 is 5.32 Å². The van der Waals surface area contributed by atoms with Crippen LogP contribution in [-0.2, 0) is 22.7 Å². The summed E-state index contributed by atoms with van der Waals surface area (Å²) in [7, 11) is -3.10. The van der Waals surface area contributed by atoms with Crippen LogP contribution in [0.1, 0.15) is 41.5 Å². The zero-order valence-electron chi connectivity index (χ0n) is 14.7. The molecule has 6 nitrogen and oxygen atoms in total. The Morgan fingerprint density at radius 1 is 1.31 bits per heavy atom. The predicted octanol–water partition coefficient (Wildman–Crippen LogP) is 2.68. The van der Waals surface area contributed by atoms with Crippen LogP contribution in [0.3, 0.4) is 0 Å². The number of sulfone groups is 1. The van der Waals surface area contributed by atoms with Crippen molar-refractivity contribution in [2.45, 2.75) is 32.6 Å². The molecule has 140 valence electrons. The van der Waals surface area contributed by atoms with Crippen LogP contribution in [0.2, 0.25) is 0 Å². The Morgan fingerprint density at radius 2 is 2.08 bits per heavy atom. The molecule has 0 saturated heterocycles. The number of benzene rings is 1. The molecule has 0 radical (unpaired) electrons. The van der Waals surface area contributed by atoms with Gasteiger partial charge >= 0.3 is 0 Å². The minimum absolute atomic E-state index is 0.0518. The Balaban J connectivity index is 1.87. The average Bonchev–Trinajstić information content (AvgIpc) is 3.01. The molecule has 0 saturated carbocycles. The number of nitrogens with zero attached hydrogens (tertiary/aromatic N) is 2. The van der Waals surface area contributed by atoms with E-state index in [4.69, 9.17) is 0 Å². The van der Waals surface area contributed by atoms with Crippen LogP contribution < -0.4 is 5.32 Å². The molecule has 0 aliphatic heterocycles. The highest BCUT2D eigenvalue weighted by molar-refractivity contribution is 9.10. The highest BCUT2D eigenvalue weighted by atomic mass is 79.9. The molecule has 1 aromatic heterocycles. The minimum atomic E-state index is -3.10. The van der Waals surface area contributed by atoms with Crippen LogP contribution in [-0.4, -0.2) is 42.2 Å². The van der Waals surface area contributed by atoms with Crippen molar-refractivity contribution in [1.82, 2.24) is 15.1 Å². The molecule has 26 heavy (non-hydrogen) atoms. The summed E-state index contributed by atoms with van der Waals surface area (Å²) in [5.74, 6) is -0.275. The van der Waals surface area contributed by atoms with Crippen LogP contribution >= 0.6 is 15.9 Å². The number of rotatable bonds is 6.